The maximum atomic E-state index is 12.7. The van der Waals surface area contributed by atoms with Gasteiger partial charge in [-0.25, -0.2) is 4.98 Å². The molecule has 0 aliphatic carbocycles. The smallest absolute Gasteiger partial charge is 0.262 e. The molecule has 3 rings (SSSR count). The van der Waals surface area contributed by atoms with E-state index in [4.69, 9.17) is 4.74 Å². The maximum absolute atomic E-state index is 12.7. The first-order valence-electron chi connectivity index (χ1n) is 8.66. The van der Waals surface area contributed by atoms with Gasteiger partial charge in [-0.1, -0.05) is 31.3 Å². The average Bonchev–Trinajstić information content (AvgIpc) is 3.28. The van der Waals surface area contributed by atoms with Crippen LogP contribution in [0.2, 0.25) is 0 Å². The first kappa shape index (κ1) is 19.3. The monoisotopic (exact) mass is 403 g/mol. The molecule has 1 atom stereocenters. The molecule has 0 radical (unpaired) electrons. The van der Waals surface area contributed by atoms with Crippen LogP contribution in [-0.2, 0) is 4.79 Å². The van der Waals surface area contributed by atoms with Gasteiger partial charge in [0.1, 0.15) is 11.8 Å². The third-order valence-electron chi connectivity index (χ3n) is 3.88. The molecule has 0 bridgehead atoms. The Balaban J connectivity index is 1.73. The number of anilines is 1. The Morgan fingerprint density at radius 1 is 1.26 bits per heavy atom. The number of carbonyl (C=O) groups is 2. The third-order valence-corrected chi connectivity index (χ3v) is 5.68. The van der Waals surface area contributed by atoms with Crippen molar-refractivity contribution in [1.29, 1.82) is 0 Å². The van der Waals surface area contributed by atoms with Crippen molar-refractivity contribution in [2.24, 2.45) is 5.92 Å². The van der Waals surface area contributed by atoms with Crippen molar-refractivity contribution in [1.82, 2.24) is 10.3 Å². The van der Waals surface area contributed by atoms with Crippen LogP contribution in [-0.4, -0.2) is 29.4 Å². The Morgan fingerprint density at radius 2 is 2.07 bits per heavy atom. The number of hydrogen-bond acceptors (Lipinski definition) is 6. The molecule has 0 fully saturated rings. The van der Waals surface area contributed by atoms with Crippen LogP contribution in [0, 0.1) is 5.92 Å². The Kier molecular flexibility index (Phi) is 6.08. The zero-order valence-corrected chi connectivity index (χ0v) is 16.9. The number of aromatic nitrogens is 1. The molecule has 2 amide bonds. The van der Waals surface area contributed by atoms with E-state index in [2.05, 4.69) is 15.6 Å². The SMILES string of the molecule is CCOc1ccc2nc(NC(=O)C(NC(=O)c3cccs3)C(C)C)sc2c1. The first-order chi connectivity index (χ1) is 13.0. The second kappa shape index (κ2) is 8.49. The normalized spacial score (nSPS) is 12.1. The van der Waals surface area contributed by atoms with Gasteiger partial charge in [-0.2, -0.15) is 0 Å². The first-order valence-corrected chi connectivity index (χ1v) is 10.4. The summed E-state index contributed by atoms with van der Waals surface area (Å²) in [6.45, 7) is 6.31. The number of ether oxygens (including phenoxy) is 1. The molecule has 0 saturated heterocycles. The number of amides is 2. The van der Waals surface area contributed by atoms with Gasteiger partial charge < -0.3 is 15.4 Å². The van der Waals surface area contributed by atoms with E-state index in [-0.39, 0.29) is 17.7 Å². The number of fused-ring (bicyclic) bond motifs is 1. The number of thiazole rings is 1. The van der Waals surface area contributed by atoms with Crippen molar-refractivity contribution >= 4 is 49.8 Å². The van der Waals surface area contributed by atoms with Crippen molar-refractivity contribution in [3.8, 4) is 5.75 Å². The van der Waals surface area contributed by atoms with Crippen LogP contribution in [0.1, 0.15) is 30.4 Å². The number of benzene rings is 1. The minimum atomic E-state index is -0.648. The number of thiophene rings is 1. The molecular weight excluding hydrogens is 382 g/mol. The fourth-order valence-electron chi connectivity index (χ4n) is 2.55. The average molecular weight is 404 g/mol. The summed E-state index contributed by atoms with van der Waals surface area (Å²) in [6, 6.07) is 8.52. The lowest BCUT2D eigenvalue weighted by Gasteiger charge is -2.20. The van der Waals surface area contributed by atoms with Gasteiger partial charge in [-0.15, -0.1) is 11.3 Å². The minimum absolute atomic E-state index is 0.0622. The lowest BCUT2D eigenvalue weighted by Crippen LogP contribution is -2.46. The predicted octanol–water partition coefficient (Wildman–Crippen LogP) is 4.15. The number of rotatable bonds is 7. The van der Waals surface area contributed by atoms with Crippen molar-refractivity contribution in [3.63, 3.8) is 0 Å². The van der Waals surface area contributed by atoms with Gasteiger partial charge in [0.15, 0.2) is 5.13 Å². The molecule has 142 valence electrons. The molecule has 2 heterocycles. The van der Waals surface area contributed by atoms with Crippen LogP contribution >= 0.6 is 22.7 Å². The molecule has 0 spiro atoms. The van der Waals surface area contributed by atoms with Gasteiger partial charge >= 0.3 is 0 Å². The highest BCUT2D eigenvalue weighted by Crippen LogP contribution is 2.29. The van der Waals surface area contributed by atoms with Gasteiger partial charge in [-0.05, 0) is 42.5 Å². The lowest BCUT2D eigenvalue weighted by molar-refractivity contribution is -0.118. The molecule has 6 nitrogen and oxygen atoms in total. The molecule has 8 heteroatoms. The van der Waals surface area contributed by atoms with Crippen LogP contribution in [0.25, 0.3) is 10.2 Å². The maximum Gasteiger partial charge on any atom is 0.262 e. The van der Waals surface area contributed by atoms with Crippen molar-refractivity contribution in [3.05, 3.63) is 40.6 Å². The lowest BCUT2D eigenvalue weighted by atomic mass is 10.0. The molecule has 3 aromatic rings. The van der Waals surface area contributed by atoms with Gasteiger partial charge in [0.2, 0.25) is 5.91 Å². The van der Waals surface area contributed by atoms with E-state index in [9.17, 15) is 9.59 Å². The van der Waals surface area contributed by atoms with E-state index in [0.717, 1.165) is 16.0 Å². The highest BCUT2D eigenvalue weighted by molar-refractivity contribution is 7.22. The Bertz CT molecular complexity index is 935. The summed E-state index contributed by atoms with van der Waals surface area (Å²) in [5, 5.41) is 7.98. The Hall–Kier alpha value is -2.45. The zero-order valence-electron chi connectivity index (χ0n) is 15.3. The van der Waals surface area contributed by atoms with Crippen LogP contribution in [0.3, 0.4) is 0 Å². The Labute approximate surface area is 165 Å². The summed E-state index contributed by atoms with van der Waals surface area (Å²) in [5.74, 6) is 0.186. The van der Waals surface area contributed by atoms with Gasteiger partial charge in [0, 0.05) is 0 Å². The summed E-state index contributed by atoms with van der Waals surface area (Å²) in [5.41, 5.74) is 0.794. The van der Waals surface area contributed by atoms with Crippen molar-refractivity contribution < 1.29 is 14.3 Å². The second-order valence-electron chi connectivity index (χ2n) is 6.24. The van der Waals surface area contributed by atoms with Crippen LogP contribution < -0.4 is 15.4 Å². The predicted molar refractivity (Wildman–Crippen MR) is 110 cm³/mol. The molecule has 0 aliphatic rings. The van der Waals surface area contributed by atoms with E-state index < -0.39 is 6.04 Å². The second-order valence-corrected chi connectivity index (χ2v) is 8.22. The number of nitrogens with zero attached hydrogens (tertiary/aromatic N) is 1. The number of carbonyl (C=O) groups excluding carboxylic acids is 2. The molecule has 2 aromatic heterocycles. The summed E-state index contributed by atoms with van der Waals surface area (Å²) >= 11 is 2.72. The molecule has 0 aliphatic heterocycles. The largest absolute Gasteiger partial charge is 0.494 e. The third kappa shape index (κ3) is 4.64. The van der Waals surface area contributed by atoms with Crippen LogP contribution in [0.15, 0.2) is 35.7 Å². The van der Waals surface area contributed by atoms with Gasteiger partial charge in [-0.3, -0.25) is 9.59 Å². The van der Waals surface area contributed by atoms with E-state index >= 15 is 0 Å². The molecule has 2 N–H and O–H groups in total. The number of nitrogens with one attached hydrogen (secondary N) is 2. The quantitative estimate of drug-likeness (QED) is 0.621. The van der Waals surface area contributed by atoms with Crippen LogP contribution in [0.4, 0.5) is 5.13 Å². The van der Waals surface area contributed by atoms with Gasteiger partial charge in [0.05, 0.1) is 21.7 Å². The topological polar surface area (TPSA) is 80.3 Å². The van der Waals surface area contributed by atoms with Crippen molar-refractivity contribution in [2.75, 3.05) is 11.9 Å². The standard InChI is InChI=1S/C19H21N3O3S2/c1-4-25-12-7-8-13-15(10-12)27-19(20-13)22-18(24)16(11(2)3)21-17(23)14-6-5-9-26-14/h5-11,16H,4H2,1-3H3,(H,21,23)(H,20,22,24). The van der Waals surface area contributed by atoms with E-state index in [0.29, 0.717) is 16.6 Å². The summed E-state index contributed by atoms with van der Waals surface area (Å²) in [7, 11) is 0. The molecule has 1 aromatic carbocycles. The molecule has 0 saturated carbocycles. The summed E-state index contributed by atoms with van der Waals surface area (Å²) in [6.07, 6.45) is 0. The van der Waals surface area contributed by atoms with Gasteiger partial charge in [0.25, 0.3) is 5.91 Å². The molecule has 1 unspecified atom stereocenters. The summed E-state index contributed by atoms with van der Waals surface area (Å²) < 4.78 is 6.43. The molecule has 27 heavy (non-hydrogen) atoms. The van der Waals surface area contributed by atoms with Crippen LogP contribution in [0.5, 0.6) is 5.75 Å². The molecular formula is C19H21N3O3S2. The fraction of sp³-hybridized carbons (Fsp3) is 0.316. The summed E-state index contributed by atoms with van der Waals surface area (Å²) in [4.78, 5) is 30.1. The highest BCUT2D eigenvalue weighted by Gasteiger charge is 2.26. The van der Waals surface area contributed by atoms with E-state index in [1.165, 1.54) is 22.7 Å². The fourth-order valence-corrected chi connectivity index (χ4v) is 4.08. The highest BCUT2D eigenvalue weighted by atomic mass is 32.1. The minimum Gasteiger partial charge on any atom is -0.494 e. The zero-order chi connectivity index (χ0) is 19.4. The van der Waals surface area contributed by atoms with E-state index in [1.54, 1.807) is 6.07 Å². The van der Waals surface area contributed by atoms with E-state index in [1.807, 2.05) is 50.4 Å². The Morgan fingerprint density at radius 3 is 2.74 bits per heavy atom. The van der Waals surface area contributed by atoms with Crippen molar-refractivity contribution in [2.45, 2.75) is 26.8 Å². The number of hydrogen-bond donors (Lipinski definition) is 2.